The molecule has 1 heterocycles. The van der Waals surface area contributed by atoms with E-state index >= 15 is 0 Å². The van der Waals surface area contributed by atoms with Gasteiger partial charge in [0.25, 0.3) is 5.91 Å². The average molecular weight is 746 g/mol. The maximum Gasteiger partial charge on any atom is 0.407 e. The van der Waals surface area contributed by atoms with Gasteiger partial charge in [-0.15, -0.1) is 0 Å². The molecule has 298 valence electrons. The number of benzene rings is 1. The molecule has 1 aromatic carbocycles. The lowest BCUT2D eigenvalue weighted by Crippen LogP contribution is -2.59. The van der Waals surface area contributed by atoms with Crippen molar-refractivity contribution >= 4 is 35.5 Å². The first-order valence-corrected chi connectivity index (χ1v) is 18.6. The summed E-state index contributed by atoms with van der Waals surface area (Å²) >= 11 is 0. The van der Waals surface area contributed by atoms with Gasteiger partial charge >= 0.3 is 6.09 Å². The normalized spacial score (nSPS) is 19.0. The predicted octanol–water partition coefficient (Wildman–Crippen LogP) is 3.41. The van der Waals surface area contributed by atoms with E-state index in [1.54, 1.807) is 51.1 Å². The minimum absolute atomic E-state index is 0.0551. The number of Topliss-reactive ketones (excluding diaryl/α,β-unsaturated/α-hetero) is 1. The first-order chi connectivity index (χ1) is 24.5. The van der Waals surface area contributed by atoms with Gasteiger partial charge in [0, 0.05) is 13.0 Å². The van der Waals surface area contributed by atoms with Crippen LogP contribution in [0.2, 0.25) is 0 Å². The van der Waals surface area contributed by atoms with E-state index < -0.39 is 89.4 Å². The Balaban J connectivity index is 2.29. The van der Waals surface area contributed by atoms with E-state index in [2.05, 4.69) is 21.3 Å². The van der Waals surface area contributed by atoms with Gasteiger partial charge < -0.3 is 40.7 Å². The number of hydrogen-bond acceptors (Lipinski definition) is 9. The molecule has 1 aliphatic heterocycles. The number of hydrogen-bond donors (Lipinski definition) is 5. The van der Waals surface area contributed by atoms with Crippen LogP contribution in [0.25, 0.3) is 0 Å². The van der Waals surface area contributed by atoms with Crippen molar-refractivity contribution in [3.8, 4) is 0 Å². The Labute approximate surface area is 314 Å². The lowest BCUT2D eigenvalue weighted by atomic mass is 9.85. The van der Waals surface area contributed by atoms with Crippen LogP contribution in [0.4, 0.5) is 4.79 Å². The molecule has 0 bridgehead atoms. The minimum atomic E-state index is -1.25. The summed E-state index contributed by atoms with van der Waals surface area (Å²) in [4.78, 5) is 82.0. The highest BCUT2D eigenvalue weighted by Crippen LogP contribution is 2.29. The molecule has 14 heteroatoms. The van der Waals surface area contributed by atoms with Gasteiger partial charge in [0.15, 0.2) is 0 Å². The molecule has 2 rings (SSSR count). The highest BCUT2D eigenvalue weighted by atomic mass is 16.5. The molecule has 0 aliphatic carbocycles. The quantitative estimate of drug-likeness (QED) is 0.149. The minimum Gasteiger partial charge on any atom is -0.449 e. The molecular formula is C39H63N5O9. The lowest BCUT2D eigenvalue weighted by Gasteiger charge is -2.35. The maximum atomic E-state index is 14.2. The Kier molecular flexibility index (Phi) is 16.9. The van der Waals surface area contributed by atoms with Crippen molar-refractivity contribution in [1.29, 1.82) is 0 Å². The summed E-state index contributed by atoms with van der Waals surface area (Å²) in [6.45, 7) is 19.8. The Bertz CT molecular complexity index is 1400. The van der Waals surface area contributed by atoms with E-state index in [1.165, 1.54) is 11.8 Å². The molecular weight excluding hydrogens is 682 g/mol. The Morgan fingerprint density at radius 3 is 2.08 bits per heavy atom. The summed E-state index contributed by atoms with van der Waals surface area (Å²) in [6, 6.07) is 4.71. The first kappa shape index (κ1) is 45.1. The SMILES string of the molecule is CC[C@@H](C)CC(NC(=O)[C@@H]1C[C@@H](OC(C)(C)C)CN1C(=O)C(NC(=O)OCC(C)C)C(C)(C)C)C(=O)C(=O)NCC(=O)N[C@@H](c1ccccc1)[C@H](C)O. The Morgan fingerprint density at radius 2 is 1.55 bits per heavy atom. The maximum absolute atomic E-state index is 14.2. The number of nitrogens with one attached hydrogen (secondary N) is 4. The number of ether oxygens (including phenoxy) is 2. The van der Waals surface area contributed by atoms with Crippen LogP contribution in [0, 0.1) is 17.3 Å². The number of rotatable bonds is 17. The zero-order chi connectivity index (χ0) is 40.3. The standard InChI is InChI=1S/C39H63N5O9/c1-12-24(4)18-28(32(47)35(49)40-20-30(46)42-31(25(5)45)26-16-14-13-15-17-26)41-34(48)29-19-27(53-39(9,10)11)21-44(29)36(50)33(38(6,7)8)43-37(51)52-22-23(2)3/h13-17,23-25,27-29,31,33,45H,12,18-22H2,1-11H3,(H,40,49)(H,41,48)(H,42,46)(H,43,51)/t24-,25+,27-,28?,29+,31-,33?/m1/s1. The molecule has 0 saturated carbocycles. The number of amides is 5. The Morgan fingerprint density at radius 1 is 0.925 bits per heavy atom. The van der Waals surface area contributed by atoms with Crippen molar-refractivity contribution in [2.24, 2.45) is 17.3 Å². The van der Waals surface area contributed by atoms with Gasteiger partial charge in [-0.3, -0.25) is 24.0 Å². The van der Waals surface area contributed by atoms with Gasteiger partial charge in [0.2, 0.25) is 23.5 Å². The smallest absolute Gasteiger partial charge is 0.407 e. The van der Waals surface area contributed by atoms with Gasteiger partial charge in [0.1, 0.15) is 12.1 Å². The molecule has 5 N–H and O–H groups in total. The summed E-state index contributed by atoms with van der Waals surface area (Å²) in [5, 5.41) is 20.7. The van der Waals surface area contributed by atoms with Crippen LogP contribution >= 0.6 is 0 Å². The van der Waals surface area contributed by atoms with Crippen LogP contribution in [-0.4, -0.2) is 101 Å². The molecule has 1 saturated heterocycles. The van der Waals surface area contributed by atoms with Crippen molar-refractivity contribution in [3.05, 3.63) is 35.9 Å². The van der Waals surface area contributed by atoms with Gasteiger partial charge in [-0.2, -0.15) is 0 Å². The third-order valence-corrected chi connectivity index (χ3v) is 8.85. The first-order valence-electron chi connectivity index (χ1n) is 18.6. The third-order valence-electron chi connectivity index (χ3n) is 8.85. The molecule has 1 aromatic rings. The highest BCUT2D eigenvalue weighted by Gasteiger charge is 2.47. The monoisotopic (exact) mass is 745 g/mol. The fraction of sp³-hybridized carbons (Fsp3) is 0.692. The summed E-state index contributed by atoms with van der Waals surface area (Å²) in [5.41, 5.74) is -0.698. The number of carbonyl (C=O) groups excluding carboxylic acids is 6. The average Bonchev–Trinajstić information content (AvgIpc) is 3.48. The number of ketones is 1. The van der Waals surface area contributed by atoms with Crippen molar-refractivity contribution < 1.29 is 43.3 Å². The molecule has 0 spiro atoms. The summed E-state index contributed by atoms with van der Waals surface area (Å²) in [7, 11) is 0. The van der Waals surface area contributed by atoms with Crippen LogP contribution < -0.4 is 21.3 Å². The summed E-state index contributed by atoms with van der Waals surface area (Å²) < 4.78 is 11.5. The number of nitrogens with zero attached hydrogens (tertiary/aromatic N) is 1. The molecule has 1 aliphatic rings. The van der Waals surface area contributed by atoms with E-state index in [1.807, 2.05) is 48.5 Å². The number of carbonyl (C=O) groups is 6. The van der Waals surface area contributed by atoms with Gasteiger partial charge in [0.05, 0.1) is 43.0 Å². The largest absolute Gasteiger partial charge is 0.449 e. The second kappa shape index (κ2) is 19.9. The second-order valence-electron chi connectivity index (χ2n) is 16.6. The summed E-state index contributed by atoms with van der Waals surface area (Å²) in [6.07, 6.45) is -1.31. The molecule has 0 aromatic heterocycles. The van der Waals surface area contributed by atoms with Crippen LogP contribution in [-0.2, 0) is 33.4 Å². The Hall–Kier alpha value is -4.04. The number of aliphatic hydroxyl groups is 1. The van der Waals surface area contributed by atoms with Crippen LogP contribution in [0.15, 0.2) is 30.3 Å². The predicted molar refractivity (Wildman–Crippen MR) is 200 cm³/mol. The lowest BCUT2D eigenvalue weighted by molar-refractivity contribution is -0.144. The third kappa shape index (κ3) is 14.7. The van der Waals surface area contributed by atoms with E-state index in [-0.39, 0.29) is 37.8 Å². The van der Waals surface area contributed by atoms with Gasteiger partial charge in [-0.05, 0) is 56.9 Å². The molecule has 2 unspecified atom stereocenters. The van der Waals surface area contributed by atoms with Crippen molar-refractivity contribution in [3.63, 3.8) is 0 Å². The number of aliphatic hydroxyl groups excluding tert-OH is 1. The van der Waals surface area contributed by atoms with Gasteiger partial charge in [-0.25, -0.2) is 4.79 Å². The van der Waals surface area contributed by atoms with E-state index in [9.17, 15) is 33.9 Å². The van der Waals surface area contributed by atoms with E-state index in [0.717, 1.165) is 0 Å². The molecule has 0 radical (unpaired) electrons. The molecule has 5 amide bonds. The topological polar surface area (TPSA) is 192 Å². The van der Waals surface area contributed by atoms with Crippen molar-refractivity contribution in [2.75, 3.05) is 19.7 Å². The zero-order valence-corrected chi connectivity index (χ0v) is 33.4. The summed E-state index contributed by atoms with van der Waals surface area (Å²) in [5.74, 6) is -3.78. The van der Waals surface area contributed by atoms with Crippen LogP contribution in [0.1, 0.15) is 107 Å². The van der Waals surface area contributed by atoms with E-state index in [0.29, 0.717) is 12.0 Å². The second-order valence-corrected chi connectivity index (χ2v) is 16.6. The van der Waals surface area contributed by atoms with Gasteiger partial charge in [-0.1, -0.05) is 85.2 Å². The van der Waals surface area contributed by atoms with Crippen LogP contribution in [0.5, 0.6) is 0 Å². The van der Waals surface area contributed by atoms with Crippen molar-refractivity contribution in [2.45, 2.75) is 137 Å². The van der Waals surface area contributed by atoms with Crippen molar-refractivity contribution in [1.82, 2.24) is 26.2 Å². The fourth-order valence-corrected chi connectivity index (χ4v) is 5.93. The molecule has 7 atom stereocenters. The van der Waals surface area contributed by atoms with Crippen LogP contribution in [0.3, 0.4) is 0 Å². The molecule has 53 heavy (non-hydrogen) atoms. The molecule has 14 nitrogen and oxygen atoms in total. The highest BCUT2D eigenvalue weighted by molar-refractivity contribution is 6.38. The van der Waals surface area contributed by atoms with E-state index in [4.69, 9.17) is 9.47 Å². The fourth-order valence-electron chi connectivity index (χ4n) is 5.93. The zero-order valence-electron chi connectivity index (χ0n) is 33.4. The number of likely N-dealkylation sites (tertiary alicyclic amines) is 1. The number of alkyl carbamates (subject to hydrolysis) is 1. The molecule has 1 fully saturated rings.